The summed E-state index contributed by atoms with van der Waals surface area (Å²) in [5.41, 5.74) is 11.2. The molecule has 0 nitrogen and oxygen atoms in total. The third-order valence-electron chi connectivity index (χ3n) is 8.48. The van der Waals surface area contributed by atoms with Gasteiger partial charge < -0.3 is 0 Å². The predicted molar refractivity (Wildman–Crippen MR) is 184 cm³/mol. The van der Waals surface area contributed by atoms with E-state index in [2.05, 4.69) is 147 Å². The molecule has 0 saturated heterocycles. The minimum atomic E-state index is 0.526. The normalized spacial score (nSPS) is 13.5. The standard InChI is InChI=1S/C39H45I/c1-5-30-8-10-33(11-9-30)18-26-38(28-29(4)35-20-12-31(6-2)13-21-35)36-22-16-34(17-23-36)19-27-39(40)37-24-14-32(7-3)15-25-37/h5,8-17,20-25,29,38-39H,1,6-7,18-19,26-28H2,2-4H3. The van der Waals surface area contributed by atoms with Crippen LogP contribution in [0.4, 0.5) is 0 Å². The summed E-state index contributed by atoms with van der Waals surface area (Å²) in [5, 5.41) is 0. The van der Waals surface area contributed by atoms with E-state index in [1.165, 1.54) is 57.3 Å². The summed E-state index contributed by atoms with van der Waals surface area (Å²) < 4.78 is 0.545. The van der Waals surface area contributed by atoms with Gasteiger partial charge in [0, 0.05) is 3.92 Å². The molecular weight excluding hydrogens is 595 g/mol. The first-order valence-electron chi connectivity index (χ1n) is 15.1. The lowest BCUT2D eigenvalue weighted by Crippen LogP contribution is -2.07. The molecule has 0 radical (unpaired) electrons. The fraction of sp³-hybridized carbons (Fsp3) is 0.333. The smallest absolute Gasteiger partial charge is 0.0362 e. The number of aryl methyl sites for hydroxylation is 4. The molecule has 4 aromatic carbocycles. The lowest BCUT2D eigenvalue weighted by molar-refractivity contribution is 0.525. The number of rotatable bonds is 14. The predicted octanol–water partition coefficient (Wildman–Crippen LogP) is 11.5. The highest BCUT2D eigenvalue weighted by Gasteiger charge is 2.18. The Morgan fingerprint density at radius 3 is 1.57 bits per heavy atom. The van der Waals surface area contributed by atoms with Gasteiger partial charge in [-0.05, 0) is 101 Å². The van der Waals surface area contributed by atoms with Crippen LogP contribution in [0.25, 0.3) is 6.08 Å². The van der Waals surface area contributed by atoms with Gasteiger partial charge in [0.15, 0.2) is 0 Å². The Morgan fingerprint density at radius 1 is 0.600 bits per heavy atom. The summed E-state index contributed by atoms with van der Waals surface area (Å²) in [4.78, 5) is 0. The van der Waals surface area contributed by atoms with E-state index in [1.54, 1.807) is 0 Å². The fourth-order valence-electron chi connectivity index (χ4n) is 5.61. The van der Waals surface area contributed by atoms with Gasteiger partial charge in [-0.15, -0.1) is 0 Å². The van der Waals surface area contributed by atoms with Crippen LogP contribution in [0.3, 0.4) is 0 Å². The molecule has 40 heavy (non-hydrogen) atoms. The Bertz CT molecular complexity index is 1300. The van der Waals surface area contributed by atoms with E-state index in [1.807, 2.05) is 6.08 Å². The zero-order valence-corrected chi connectivity index (χ0v) is 26.7. The van der Waals surface area contributed by atoms with Crippen LogP contribution in [-0.4, -0.2) is 0 Å². The van der Waals surface area contributed by atoms with Crippen LogP contribution in [0.15, 0.2) is 104 Å². The van der Waals surface area contributed by atoms with Crippen molar-refractivity contribution in [2.24, 2.45) is 0 Å². The molecule has 1 heteroatoms. The third-order valence-corrected chi connectivity index (χ3v) is 9.82. The quantitative estimate of drug-likeness (QED) is 0.0950. The van der Waals surface area contributed by atoms with Gasteiger partial charge in [0.1, 0.15) is 0 Å². The van der Waals surface area contributed by atoms with Gasteiger partial charge in [-0.1, -0.05) is 153 Å². The van der Waals surface area contributed by atoms with Crippen LogP contribution >= 0.6 is 22.6 Å². The van der Waals surface area contributed by atoms with Gasteiger partial charge in [-0.25, -0.2) is 0 Å². The summed E-state index contributed by atoms with van der Waals surface area (Å²) in [6.07, 6.45) is 9.82. The van der Waals surface area contributed by atoms with E-state index in [0.717, 1.165) is 32.1 Å². The SMILES string of the molecule is C=Cc1ccc(CCC(CC(C)c2ccc(CC)cc2)c2ccc(CCC(I)c3ccc(CC)cc3)cc2)cc1. The zero-order chi connectivity index (χ0) is 28.3. The molecule has 0 aromatic heterocycles. The molecule has 0 aliphatic rings. The van der Waals surface area contributed by atoms with Crippen molar-refractivity contribution in [1.82, 2.24) is 0 Å². The van der Waals surface area contributed by atoms with Crippen LogP contribution < -0.4 is 0 Å². The molecule has 0 fully saturated rings. The molecule has 4 aromatic rings. The van der Waals surface area contributed by atoms with Crippen molar-refractivity contribution in [1.29, 1.82) is 0 Å². The molecular formula is C39H45I. The first-order chi connectivity index (χ1) is 19.5. The lowest BCUT2D eigenvalue weighted by atomic mass is 9.82. The molecule has 0 spiro atoms. The van der Waals surface area contributed by atoms with Gasteiger partial charge in [0.25, 0.3) is 0 Å². The topological polar surface area (TPSA) is 0 Å². The molecule has 0 heterocycles. The Hall–Kier alpha value is -2.65. The second-order valence-electron chi connectivity index (χ2n) is 11.3. The minimum absolute atomic E-state index is 0.526. The second-order valence-corrected chi connectivity index (χ2v) is 12.8. The summed E-state index contributed by atoms with van der Waals surface area (Å²) in [6, 6.07) is 36.9. The molecule has 0 N–H and O–H groups in total. The van der Waals surface area contributed by atoms with E-state index >= 15 is 0 Å². The third kappa shape index (κ3) is 8.67. The van der Waals surface area contributed by atoms with E-state index in [0.29, 0.717) is 15.8 Å². The summed E-state index contributed by atoms with van der Waals surface area (Å²) >= 11 is 2.61. The van der Waals surface area contributed by atoms with Gasteiger partial charge in [-0.3, -0.25) is 0 Å². The van der Waals surface area contributed by atoms with Crippen LogP contribution in [0.5, 0.6) is 0 Å². The van der Waals surface area contributed by atoms with Crippen molar-refractivity contribution < 1.29 is 0 Å². The van der Waals surface area contributed by atoms with E-state index < -0.39 is 0 Å². The van der Waals surface area contributed by atoms with Crippen LogP contribution in [0, 0.1) is 0 Å². The molecule has 0 aliphatic heterocycles. The minimum Gasteiger partial charge on any atom is -0.0985 e. The van der Waals surface area contributed by atoms with E-state index in [4.69, 9.17) is 0 Å². The summed E-state index contributed by atoms with van der Waals surface area (Å²) in [7, 11) is 0. The summed E-state index contributed by atoms with van der Waals surface area (Å²) in [6.45, 7) is 10.7. The number of hydrogen-bond donors (Lipinski definition) is 0. The first kappa shape index (κ1) is 30.3. The van der Waals surface area contributed by atoms with Gasteiger partial charge >= 0.3 is 0 Å². The molecule has 0 bridgehead atoms. The monoisotopic (exact) mass is 640 g/mol. The average Bonchev–Trinajstić information content (AvgIpc) is 3.02. The second kappa shape index (κ2) is 15.4. The van der Waals surface area contributed by atoms with Crippen molar-refractivity contribution in [3.8, 4) is 0 Å². The zero-order valence-electron chi connectivity index (χ0n) is 24.6. The maximum atomic E-state index is 3.90. The van der Waals surface area contributed by atoms with Crippen molar-refractivity contribution in [3.63, 3.8) is 0 Å². The Labute approximate surface area is 257 Å². The van der Waals surface area contributed by atoms with Crippen molar-refractivity contribution in [2.45, 2.75) is 81.5 Å². The van der Waals surface area contributed by atoms with Gasteiger partial charge in [0.05, 0.1) is 0 Å². The first-order valence-corrected chi connectivity index (χ1v) is 16.4. The molecule has 3 unspecified atom stereocenters. The average molecular weight is 641 g/mol. The Morgan fingerprint density at radius 2 is 1.05 bits per heavy atom. The van der Waals surface area contributed by atoms with Gasteiger partial charge in [-0.2, -0.15) is 0 Å². The number of alkyl halides is 1. The number of benzene rings is 4. The largest absolute Gasteiger partial charge is 0.0985 e. The van der Waals surface area contributed by atoms with Crippen molar-refractivity contribution in [3.05, 3.63) is 148 Å². The molecule has 0 amide bonds. The summed E-state index contributed by atoms with van der Waals surface area (Å²) in [5.74, 6) is 1.06. The Balaban J connectivity index is 1.43. The maximum absolute atomic E-state index is 3.90. The number of hydrogen-bond acceptors (Lipinski definition) is 0. The highest BCUT2D eigenvalue weighted by Crippen LogP contribution is 2.34. The maximum Gasteiger partial charge on any atom is 0.0362 e. The molecule has 208 valence electrons. The van der Waals surface area contributed by atoms with Gasteiger partial charge in [0.2, 0.25) is 0 Å². The van der Waals surface area contributed by atoms with Crippen LogP contribution in [-0.2, 0) is 25.7 Å². The Kier molecular flexibility index (Phi) is 11.7. The van der Waals surface area contributed by atoms with E-state index in [9.17, 15) is 0 Å². The van der Waals surface area contributed by atoms with Crippen LogP contribution in [0.2, 0.25) is 0 Å². The fourth-order valence-corrected chi connectivity index (χ4v) is 6.33. The van der Waals surface area contributed by atoms with Crippen LogP contribution in [0.1, 0.15) is 100 Å². The molecule has 3 atom stereocenters. The lowest BCUT2D eigenvalue weighted by Gasteiger charge is -2.23. The van der Waals surface area contributed by atoms with Crippen molar-refractivity contribution in [2.75, 3.05) is 0 Å². The number of halogens is 1. The molecule has 0 saturated carbocycles. The highest BCUT2D eigenvalue weighted by atomic mass is 127. The highest BCUT2D eigenvalue weighted by molar-refractivity contribution is 14.1. The van der Waals surface area contributed by atoms with Crippen molar-refractivity contribution >= 4 is 28.7 Å². The van der Waals surface area contributed by atoms with E-state index in [-0.39, 0.29) is 0 Å². The molecule has 4 rings (SSSR count). The molecule has 0 aliphatic carbocycles.